The molecule has 3 heterocycles. The van der Waals surface area contributed by atoms with E-state index in [-0.39, 0.29) is 30.7 Å². The number of imide groups is 1. The van der Waals surface area contributed by atoms with Crippen molar-refractivity contribution in [2.45, 2.75) is 32.2 Å². The number of fused-ring (bicyclic) bond motifs is 1. The van der Waals surface area contributed by atoms with Gasteiger partial charge in [-0.3, -0.25) is 19.3 Å². The molecule has 7 nitrogen and oxygen atoms in total. The van der Waals surface area contributed by atoms with Crippen molar-refractivity contribution in [3.05, 3.63) is 59.3 Å². The highest BCUT2D eigenvalue weighted by molar-refractivity contribution is 6.21. The van der Waals surface area contributed by atoms with Gasteiger partial charge in [-0.1, -0.05) is 12.1 Å². The van der Waals surface area contributed by atoms with Gasteiger partial charge in [0, 0.05) is 38.8 Å². The Hall–Kier alpha value is -3.22. The van der Waals surface area contributed by atoms with Crippen LogP contribution >= 0.6 is 0 Å². The molecule has 0 unspecified atom stereocenters. The van der Waals surface area contributed by atoms with Crippen molar-refractivity contribution in [1.29, 1.82) is 0 Å². The molecule has 1 aromatic carbocycles. The summed E-state index contributed by atoms with van der Waals surface area (Å²) in [6.07, 6.45) is 4.85. The van der Waals surface area contributed by atoms with Crippen LogP contribution in [0.1, 0.15) is 52.0 Å². The molecule has 1 N–H and O–H groups in total. The Morgan fingerprint density at radius 1 is 1.03 bits per heavy atom. The molecule has 2 aromatic rings. The Balaban J connectivity index is 1.24. The van der Waals surface area contributed by atoms with Gasteiger partial charge in [0.1, 0.15) is 5.82 Å². The first-order valence-corrected chi connectivity index (χ1v) is 10.1. The van der Waals surface area contributed by atoms with Gasteiger partial charge >= 0.3 is 0 Å². The molecule has 4 rings (SSSR count). The number of rotatable bonds is 7. The fourth-order valence-electron chi connectivity index (χ4n) is 3.82. The second-order valence-electron chi connectivity index (χ2n) is 7.40. The highest BCUT2D eigenvalue weighted by Gasteiger charge is 2.34. The minimum atomic E-state index is -0.280. The summed E-state index contributed by atoms with van der Waals surface area (Å²) in [7, 11) is 0. The minimum absolute atomic E-state index is 0.0962. The van der Waals surface area contributed by atoms with Crippen LogP contribution in [-0.4, -0.2) is 47.2 Å². The van der Waals surface area contributed by atoms with Gasteiger partial charge < -0.3 is 10.2 Å². The molecule has 2 aliphatic rings. The first-order chi connectivity index (χ1) is 14.1. The molecule has 150 valence electrons. The summed E-state index contributed by atoms with van der Waals surface area (Å²) >= 11 is 0. The van der Waals surface area contributed by atoms with E-state index in [0.29, 0.717) is 24.1 Å². The SMILES string of the molecule is O=C(CCCN1C(=O)c2ccccc2C1=O)NCc1ccnc(N2CCCC2)c1. The average molecular weight is 392 g/mol. The van der Waals surface area contributed by atoms with Crippen molar-refractivity contribution in [2.75, 3.05) is 24.5 Å². The van der Waals surface area contributed by atoms with Crippen LogP contribution in [0.2, 0.25) is 0 Å². The molecule has 7 heteroatoms. The van der Waals surface area contributed by atoms with Crippen molar-refractivity contribution in [1.82, 2.24) is 15.2 Å². The summed E-state index contributed by atoms with van der Waals surface area (Å²) in [6.45, 7) is 2.74. The maximum atomic E-state index is 12.3. The quantitative estimate of drug-likeness (QED) is 0.732. The predicted molar refractivity (Wildman–Crippen MR) is 109 cm³/mol. The van der Waals surface area contributed by atoms with Crippen LogP contribution < -0.4 is 10.2 Å². The summed E-state index contributed by atoms with van der Waals surface area (Å²) in [5.74, 6) is 0.301. The highest BCUT2D eigenvalue weighted by Crippen LogP contribution is 2.22. The maximum Gasteiger partial charge on any atom is 0.261 e. The Morgan fingerprint density at radius 3 is 2.41 bits per heavy atom. The van der Waals surface area contributed by atoms with Crippen LogP contribution in [0.4, 0.5) is 5.82 Å². The smallest absolute Gasteiger partial charge is 0.261 e. The third-order valence-electron chi connectivity index (χ3n) is 5.39. The van der Waals surface area contributed by atoms with Crippen LogP contribution in [0.15, 0.2) is 42.6 Å². The lowest BCUT2D eigenvalue weighted by Crippen LogP contribution is -2.32. The summed E-state index contributed by atoms with van der Waals surface area (Å²) in [4.78, 5) is 44.7. The second kappa shape index (κ2) is 8.43. The topological polar surface area (TPSA) is 82.6 Å². The summed E-state index contributed by atoms with van der Waals surface area (Å²) in [5.41, 5.74) is 1.89. The zero-order valence-corrected chi connectivity index (χ0v) is 16.3. The number of hydrogen-bond acceptors (Lipinski definition) is 5. The van der Waals surface area contributed by atoms with Gasteiger partial charge in [0.2, 0.25) is 5.91 Å². The lowest BCUT2D eigenvalue weighted by molar-refractivity contribution is -0.121. The number of aromatic nitrogens is 1. The van der Waals surface area contributed by atoms with Crippen molar-refractivity contribution in [3.63, 3.8) is 0 Å². The molecule has 1 aromatic heterocycles. The van der Waals surface area contributed by atoms with Crippen molar-refractivity contribution in [3.8, 4) is 0 Å². The Kier molecular flexibility index (Phi) is 5.55. The molecule has 0 aliphatic carbocycles. The number of benzene rings is 1. The molecule has 1 saturated heterocycles. The Bertz CT molecular complexity index is 902. The van der Waals surface area contributed by atoms with E-state index in [1.807, 2.05) is 12.1 Å². The average Bonchev–Trinajstić information content (AvgIpc) is 3.36. The molecule has 29 heavy (non-hydrogen) atoms. The molecular weight excluding hydrogens is 368 g/mol. The van der Waals surface area contributed by atoms with Crippen LogP contribution in [-0.2, 0) is 11.3 Å². The number of pyridine rings is 1. The standard InChI is InChI=1S/C22H24N4O3/c27-20(24-15-16-9-10-23-19(14-16)25-11-3-4-12-25)8-5-13-26-21(28)17-6-1-2-7-18(17)22(26)29/h1-2,6-7,9-10,14H,3-5,8,11-13,15H2,(H,24,27). The molecule has 0 radical (unpaired) electrons. The number of carbonyl (C=O) groups excluding carboxylic acids is 3. The van der Waals surface area contributed by atoms with Gasteiger partial charge in [-0.2, -0.15) is 0 Å². The van der Waals surface area contributed by atoms with Gasteiger partial charge in [0.25, 0.3) is 11.8 Å². The van der Waals surface area contributed by atoms with Crippen molar-refractivity contribution < 1.29 is 14.4 Å². The van der Waals surface area contributed by atoms with E-state index in [1.54, 1.807) is 30.5 Å². The second-order valence-corrected chi connectivity index (χ2v) is 7.40. The third-order valence-corrected chi connectivity index (χ3v) is 5.39. The number of amides is 3. The summed E-state index contributed by atoms with van der Waals surface area (Å²) < 4.78 is 0. The van der Waals surface area contributed by atoms with Crippen LogP contribution in [0.25, 0.3) is 0 Å². The number of hydrogen-bond donors (Lipinski definition) is 1. The predicted octanol–water partition coefficient (Wildman–Crippen LogP) is 2.37. The van der Waals surface area contributed by atoms with Crippen LogP contribution in [0, 0.1) is 0 Å². The number of nitrogens with one attached hydrogen (secondary N) is 1. The Labute approximate surface area is 169 Å². The van der Waals surface area contributed by atoms with Crippen LogP contribution in [0.3, 0.4) is 0 Å². The van der Waals surface area contributed by atoms with Gasteiger partial charge in [-0.15, -0.1) is 0 Å². The van der Waals surface area contributed by atoms with E-state index in [2.05, 4.69) is 15.2 Å². The number of anilines is 1. The fraction of sp³-hybridized carbons (Fsp3) is 0.364. The molecule has 2 aliphatic heterocycles. The lowest BCUT2D eigenvalue weighted by Gasteiger charge is -2.17. The van der Waals surface area contributed by atoms with E-state index >= 15 is 0 Å². The fourth-order valence-corrected chi connectivity index (χ4v) is 3.82. The van der Waals surface area contributed by atoms with E-state index in [0.717, 1.165) is 24.5 Å². The normalized spacial score (nSPS) is 15.7. The third kappa shape index (κ3) is 4.13. The lowest BCUT2D eigenvalue weighted by atomic mass is 10.1. The van der Waals surface area contributed by atoms with Crippen molar-refractivity contribution in [2.24, 2.45) is 0 Å². The first kappa shape index (κ1) is 19.1. The molecule has 1 fully saturated rings. The maximum absolute atomic E-state index is 12.3. The number of carbonyl (C=O) groups is 3. The summed E-state index contributed by atoms with van der Waals surface area (Å²) in [5, 5.41) is 2.91. The number of nitrogens with zero attached hydrogens (tertiary/aromatic N) is 3. The monoisotopic (exact) mass is 392 g/mol. The largest absolute Gasteiger partial charge is 0.357 e. The zero-order valence-electron chi connectivity index (χ0n) is 16.3. The Morgan fingerprint density at radius 2 is 1.72 bits per heavy atom. The molecule has 0 atom stereocenters. The van der Waals surface area contributed by atoms with Gasteiger partial charge in [-0.25, -0.2) is 4.98 Å². The first-order valence-electron chi connectivity index (χ1n) is 10.1. The minimum Gasteiger partial charge on any atom is -0.357 e. The van der Waals surface area contributed by atoms with E-state index in [9.17, 15) is 14.4 Å². The molecule has 3 amide bonds. The van der Waals surface area contributed by atoms with Gasteiger partial charge in [0.15, 0.2) is 0 Å². The highest BCUT2D eigenvalue weighted by atomic mass is 16.2. The van der Waals surface area contributed by atoms with Crippen LogP contribution in [0.5, 0.6) is 0 Å². The van der Waals surface area contributed by atoms with Gasteiger partial charge in [0.05, 0.1) is 11.1 Å². The zero-order chi connectivity index (χ0) is 20.2. The summed E-state index contributed by atoms with van der Waals surface area (Å²) in [6, 6.07) is 10.7. The van der Waals surface area contributed by atoms with E-state index in [4.69, 9.17) is 0 Å². The van der Waals surface area contributed by atoms with E-state index in [1.165, 1.54) is 17.7 Å². The molecule has 0 spiro atoms. The van der Waals surface area contributed by atoms with Gasteiger partial charge in [-0.05, 0) is 49.1 Å². The molecular formula is C22H24N4O3. The van der Waals surface area contributed by atoms with Crippen molar-refractivity contribution >= 4 is 23.5 Å². The van der Waals surface area contributed by atoms with E-state index < -0.39 is 0 Å². The molecule has 0 bridgehead atoms. The molecule has 0 saturated carbocycles.